The second-order valence-corrected chi connectivity index (χ2v) is 13.1. The molecule has 5 rings (SSSR count). The topological polar surface area (TPSA) is 99.5 Å². The summed E-state index contributed by atoms with van der Waals surface area (Å²) in [6.45, 7) is 4.70. The minimum atomic E-state index is -4.51. The summed E-state index contributed by atoms with van der Waals surface area (Å²) < 4.78 is 70.2. The molecular weight excluding hydrogens is 645 g/mol. The second-order valence-electron chi connectivity index (χ2n) is 13.1. The third-order valence-corrected chi connectivity index (χ3v) is 9.56. The first kappa shape index (κ1) is 36.4. The highest BCUT2D eigenvalue weighted by Crippen LogP contribution is 2.36. The first-order valence-electron chi connectivity index (χ1n) is 17.1. The van der Waals surface area contributed by atoms with Gasteiger partial charge < -0.3 is 20.6 Å². The lowest BCUT2D eigenvalue weighted by Crippen LogP contribution is -2.49. The fourth-order valence-corrected chi connectivity index (χ4v) is 7.09. The van der Waals surface area contributed by atoms with E-state index in [0.717, 1.165) is 68.4 Å². The van der Waals surface area contributed by atoms with Crippen molar-refractivity contribution < 1.29 is 36.6 Å². The average molecular weight is 690 g/mol. The van der Waals surface area contributed by atoms with Crippen LogP contribution in [0.25, 0.3) is 0 Å². The molecule has 2 aromatic carbocycles. The third kappa shape index (κ3) is 8.85. The number of nitrogens with zero attached hydrogens (tertiary/aromatic N) is 3. The average Bonchev–Trinajstić information content (AvgIpc) is 3.51. The van der Waals surface area contributed by atoms with Gasteiger partial charge in [0.25, 0.3) is 11.8 Å². The van der Waals surface area contributed by atoms with Gasteiger partial charge in [-0.25, -0.2) is 8.78 Å². The monoisotopic (exact) mass is 689 g/mol. The number of fused-ring (bicyclic) bond motifs is 1. The molecule has 1 aromatic heterocycles. The molecule has 1 fully saturated rings. The lowest BCUT2D eigenvalue weighted by Gasteiger charge is -2.35. The van der Waals surface area contributed by atoms with E-state index >= 15 is 0 Å². The van der Waals surface area contributed by atoms with E-state index < -0.39 is 47.5 Å². The maximum atomic E-state index is 14.1. The van der Waals surface area contributed by atoms with E-state index in [-0.39, 0.29) is 41.9 Å². The van der Waals surface area contributed by atoms with Crippen LogP contribution in [0.3, 0.4) is 0 Å². The molecule has 0 spiro atoms. The molecule has 1 aliphatic heterocycles. The van der Waals surface area contributed by atoms with Crippen LogP contribution in [-0.4, -0.2) is 62.9 Å². The number of hydrogen-bond donors (Lipinski definition) is 3. The molecule has 0 bridgehead atoms. The Morgan fingerprint density at radius 1 is 1.02 bits per heavy atom. The number of alkyl halides is 3. The molecule has 4 atom stereocenters. The smallest absolute Gasteiger partial charge is 0.390 e. The number of hydrogen-bond acceptors (Lipinski definition) is 5. The molecule has 0 radical (unpaired) electrons. The Kier molecular flexibility index (Phi) is 11.7. The van der Waals surface area contributed by atoms with Crippen LogP contribution in [0.4, 0.5) is 22.0 Å². The first-order chi connectivity index (χ1) is 23.4. The highest BCUT2D eigenvalue weighted by molar-refractivity contribution is 5.98. The van der Waals surface area contributed by atoms with Gasteiger partial charge in [-0.05, 0) is 99.2 Å². The van der Waals surface area contributed by atoms with Crippen LogP contribution in [0.5, 0.6) is 0 Å². The number of carbonyl (C=O) groups is 2. The summed E-state index contributed by atoms with van der Waals surface area (Å²) in [5.41, 5.74) is 0.930. The molecule has 2 heterocycles. The van der Waals surface area contributed by atoms with Gasteiger partial charge in [0.2, 0.25) is 0 Å². The van der Waals surface area contributed by atoms with Crippen LogP contribution >= 0.6 is 0 Å². The Morgan fingerprint density at radius 2 is 1.78 bits per heavy atom. The summed E-state index contributed by atoms with van der Waals surface area (Å²) in [6.07, 6.45) is 0.580. The number of aliphatic hydroxyl groups is 1. The minimum absolute atomic E-state index is 0.0503. The van der Waals surface area contributed by atoms with Crippen LogP contribution in [0, 0.1) is 11.6 Å². The van der Waals surface area contributed by atoms with E-state index in [4.69, 9.17) is 0 Å². The first-order valence-corrected chi connectivity index (χ1v) is 17.1. The maximum absolute atomic E-state index is 14.1. The van der Waals surface area contributed by atoms with Crippen molar-refractivity contribution in [1.29, 1.82) is 0 Å². The number of piperidine rings is 1. The number of aryl methyl sites for hydroxylation is 2. The molecule has 1 aliphatic carbocycles. The predicted molar refractivity (Wildman–Crippen MR) is 174 cm³/mol. The van der Waals surface area contributed by atoms with Crippen molar-refractivity contribution in [2.45, 2.75) is 109 Å². The number of amides is 2. The zero-order valence-corrected chi connectivity index (χ0v) is 27.8. The molecule has 49 heavy (non-hydrogen) atoms. The molecule has 266 valence electrons. The van der Waals surface area contributed by atoms with Gasteiger partial charge in [-0.15, -0.1) is 0 Å². The van der Waals surface area contributed by atoms with Gasteiger partial charge in [0, 0.05) is 43.9 Å². The highest BCUT2D eigenvalue weighted by Gasteiger charge is 2.34. The molecule has 3 aromatic rings. The van der Waals surface area contributed by atoms with Crippen molar-refractivity contribution in [2.24, 2.45) is 0 Å². The van der Waals surface area contributed by atoms with Crippen LogP contribution in [0.15, 0.2) is 42.5 Å². The normalized spacial score (nSPS) is 19.3. The number of aliphatic hydroxyl groups excluding tert-OH is 1. The number of likely N-dealkylation sites (tertiary alicyclic amines) is 1. The lowest BCUT2D eigenvalue weighted by atomic mass is 9.86. The highest BCUT2D eigenvalue weighted by atomic mass is 19.4. The Hall–Kier alpha value is -3.84. The van der Waals surface area contributed by atoms with Crippen LogP contribution in [0.2, 0.25) is 0 Å². The molecule has 2 aliphatic rings. The van der Waals surface area contributed by atoms with E-state index in [1.54, 1.807) is 0 Å². The number of aromatic nitrogens is 2. The largest absolute Gasteiger partial charge is 0.416 e. The zero-order valence-electron chi connectivity index (χ0n) is 27.8. The van der Waals surface area contributed by atoms with Crippen molar-refractivity contribution in [3.05, 3.63) is 87.7 Å². The maximum Gasteiger partial charge on any atom is 0.416 e. The molecular formula is C36H44F5N5O3. The fourth-order valence-electron chi connectivity index (χ4n) is 7.09. The Bertz CT molecular complexity index is 1600. The summed E-state index contributed by atoms with van der Waals surface area (Å²) in [6, 6.07) is 6.58. The van der Waals surface area contributed by atoms with Gasteiger partial charge in [-0.3, -0.25) is 14.3 Å². The summed E-state index contributed by atoms with van der Waals surface area (Å²) in [5.74, 6) is -2.54. The van der Waals surface area contributed by atoms with Crippen molar-refractivity contribution in [2.75, 3.05) is 13.1 Å². The van der Waals surface area contributed by atoms with Crippen LogP contribution in [0.1, 0.15) is 108 Å². The molecule has 1 unspecified atom stereocenters. The summed E-state index contributed by atoms with van der Waals surface area (Å²) in [4.78, 5) is 29.2. The SMILES string of the molecule is CCCC1CCCCN1C(=O)c1cc(C(=O)N[C@@H](Cc2cc(F)cc(F)c2)[C@H](O)CN[C@H]2CCCc3ccc(C(F)(F)F)cc32)nn1CC. The molecule has 2 amide bonds. The van der Waals surface area contributed by atoms with Crippen molar-refractivity contribution in [1.82, 2.24) is 25.3 Å². The minimum Gasteiger partial charge on any atom is -0.390 e. The number of rotatable bonds is 12. The van der Waals surface area contributed by atoms with Crippen molar-refractivity contribution >= 4 is 11.8 Å². The quantitative estimate of drug-likeness (QED) is 0.192. The van der Waals surface area contributed by atoms with Gasteiger partial charge in [0.05, 0.1) is 17.7 Å². The Balaban J connectivity index is 1.36. The fraction of sp³-hybridized carbons (Fsp3) is 0.528. The van der Waals surface area contributed by atoms with Crippen LogP contribution < -0.4 is 10.6 Å². The predicted octanol–water partition coefficient (Wildman–Crippen LogP) is 6.36. The number of carbonyl (C=O) groups excluding carboxylic acids is 2. The summed E-state index contributed by atoms with van der Waals surface area (Å²) >= 11 is 0. The van der Waals surface area contributed by atoms with E-state index in [1.165, 1.54) is 16.8 Å². The molecule has 8 nitrogen and oxygen atoms in total. The number of benzene rings is 2. The molecule has 0 saturated carbocycles. The number of nitrogens with one attached hydrogen (secondary N) is 2. The van der Waals surface area contributed by atoms with Crippen molar-refractivity contribution in [3.8, 4) is 0 Å². The summed E-state index contributed by atoms with van der Waals surface area (Å²) in [5, 5.41) is 21.7. The van der Waals surface area contributed by atoms with E-state index in [9.17, 15) is 36.6 Å². The second kappa shape index (κ2) is 15.8. The van der Waals surface area contributed by atoms with Crippen LogP contribution in [-0.2, 0) is 25.6 Å². The molecule has 3 N–H and O–H groups in total. The summed E-state index contributed by atoms with van der Waals surface area (Å²) in [7, 11) is 0. The van der Waals surface area contributed by atoms with Gasteiger partial charge in [0.15, 0.2) is 5.69 Å². The van der Waals surface area contributed by atoms with E-state index in [1.807, 2.05) is 11.8 Å². The Labute approximate surface area is 283 Å². The lowest BCUT2D eigenvalue weighted by molar-refractivity contribution is -0.137. The Morgan fingerprint density at radius 3 is 2.47 bits per heavy atom. The van der Waals surface area contributed by atoms with Gasteiger partial charge in [0.1, 0.15) is 17.3 Å². The van der Waals surface area contributed by atoms with Gasteiger partial charge in [-0.1, -0.05) is 19.4 Å². The standard InChI is InChI=1S/C36H44F5N5O3/c1-3-8-27-10-5-6-14-45(27)35(49)32-20-31(44-46(32)4-2)34(48)43-30(17-22-15-25(37)19-26(38)16-22)33(47)21-42-29-11-7-9-23-12-13-24(18-28(23)29)36(39,40)41/h12-13,15-16,18-20,27,29-30,33,42,47H,3-11,14,17,21H2,1-2H3,(H,43,48)/t27?,29-,30-,33+/m0/s1. The van der Waals surface area contributed by atoms with Gasteiger partial charge in [-0.2, -0.15) is 18.3 Å². The van der Waals surface area contributed by atoms with Crippen molar-refractivity contribution in [3.63, 3.8) is 0 Å². The number of halogens is 5. The molecule has 1 saturated heterocycles. The van der Waals surface area contributed by atoms with Gasteiger partial charge >= 0.3 is 6.18 Å². The van der Waals surface area contributed by atoms with E-state index in [2.05, 4.69) is 22.7 Å². The van der Waals surface area contributed by atoms with E-state index in [0.29, 0.717) is 37.6 Å². The molecule has 13 heteroatoms. The third-order valence-electron chi connectivity index (χ3n) is 9.56. The zero-order chi connectivity index (χ0) is 35.3.